The van der Waals surface area contributed by atoms with Crippen molar-refractivity contribution < 1.29 is 4.74 Å². The lowest BCUT2D eigenvalue weighted by atomic mass is 9.86. The maximum atomic E-state index is 5.62. The second kappa shape index (κ2) is 6.90. The Morgan fingerprint density at radius 1 is 1.24 bits per heavy atom. The predicted octanol–water partition coefficient (Wildman–Crippen LogP) is 1.54. The van der Waals surface area contributed by atoms with E-state index in [1.165, 1.54) is 38.0 Å². The van der Waals surface area contributed by atoms with Crippen LogP contribution < -0.4 is 5.32 Å². The largest absolute Gasteiger partial charge is 0.381 e. The van der Waals surface area contributed by atoms with Crippen molar-refractivity contribution in [2.45, 2.75) is 44.2 Å². The molecule has 21 heavy (non-hydrogen) atoms. The minimum Gasteiger partial charge on any atom is -0.381 e. The summed E-state index contributed by atoms with van der Waals surface area (Å²) in [5.74, 6) is 0. The molecule has 118 valence electrons. The van der Waals surface area contributed by atoms with Crippen LogP contribution in [0.4, 0.5) is 0 Å². The van der Waals surface area contributed by atoms with Crippen molar-refractivity contribution in [2.75, 3.05) is 32.8 Å². The molecule has 0 aromatic carbocycles. The topological polar surface area (TPSA) is 42.3 Å². The van der Waals surface area contributed by atoms with Crippen LogP contribution in [0.2, 0.25) is 0 Å². The summed E-state index contributed by atoms with van der Waals surface area (Å²) in [6.07, 6.45) is 10.2. The van der Waals surface area contributed by atoms with Crippen molar-refractivity contribution in [1.29, 1.82) is 0 Å². The molecule has 0 unspecified atom stereocenters. The summed E-state index contributed by atoms with van der Waals surface area (Å²) in [7, 11) is 2.05. The molecule has 1 aromatic rings. The molecule has 3 rings (SSSR count). The van der Waals surface area contributed by atoms with E-state index in [0.717, 1.165) is 39.1 Å². The smallest absolute Gasteiger partial charge is 0.0945 e. The van der Waals surface area contributed by atoms with Gasteiger partial charge in [-0.1, -0.05) is 6.42 Å². The van der Waals surface area contributed by atoms with Crippen LogP contribution in [0.3, 0.4) is 0 Å². The number of rotatable bonds is 5. The summed E-state index contributed by atoms with van der Waals surface area (Å²) in [6.45, 7) is 6.28. The van der Waals surface area contributed by atoms with Gasteiger partial charge in [-0.3, -0.25) is 4.90 Å². The van der Waals surface area contributed by atoms with Gasteiger partial charge in [0.05, 0.1) is 12.0 Å². The number of hydrogen-bond acceptors (Lipinski definition) is 4. The van der Waals surface area contributed by atoms with Gasteiger partial charge in [0.25, 0.3) is 0 Å². The molecule has 0 aliphatic carbocycles. The third-order valence-corrected chi connectivity index (χ3v) is 5.13. The first-order valence-electron chi connectivity index (χ1n) is 8.29. The van der Waals surface area contributed by atoms with Crippen molar-refractivity contribution in [1.82, 2.24) is 19.8 Å². The highest BCUT2D eigenvalue weighted by Crippen LogP contribution is 2.30. The third-order valence-electron chi connectivity index (χ3n) is 5.13. The number of likely N-dealkylation sites (tertiary alicyclic amines) is 1. The van der Waals surface area contributed by atoms with E-state index < -0.39 is 0 Å². The zero-order valence-electron chi connectivity index (χ0n) is 13.2. The van der Waals surface area contributed by atoms with Gasteiger partial charge in [-0.2, -0.15) is 0 Å². The average Bonchev–Trinajstić information content (AvgIpc) is 2.95. The van der Waals surface area contributed by atoms with E-state index in [9.17, 15) is 0 Å². The normalized spacial score (nSPS) is 23.3. The Kier molecular flexibility index (Phi) is 4.93. The summed E-state index contributed by atoms with van der Waals surface area (Å²) >= 11 is 0. The van der Waals surface area contributed by atoms with E-state index in [1.54, 1.807) is 0 Å². The Balaban J connectivity index is 1.60. The maximum Gasteiger partial charge on any atom is 0.0945 e. The van der Waals surface area contributed by atoms with E-state index in [4.69, 9.17) is 4.74 Å². The van der Waals surface area contributed by atoms with Crippen LogP contribution >= 0.6 is 0 Å². The molecular formula is C16H28N4O. The van der Waals surface area contributed by atoms with Gasteiger partial charge in [0, 0.05) is 45.1 Å². The molecule has 2 aliphatic heterocycles. The van der Waals surface area contributed by atoms with Crippen LogP contribution in [-0.2, 0) is 18.3 Å². The number of aromatic nitrogens is 2. The van der Waals surface area contributed by atoms with Gasteiger partial charge in [-0.25, -0.2) is 4.98 Å². The molecule has 0 saturated carbocycles. The zero-order valence-corrected chi connectivity index (χ0v) is 13.2. The van der Waals surface area contributed by atoms with Crippen LogP contribution in [0, 0.1) is 0 Å². The molecular weight excluding hydrogens is 264 g/mol. The van der Waals surface area contributed by atoms with Gasteiger partial charge in [0.1, 0.15) is 0 Å². The summed E-state index contributed by atoms with van der Waals surface area (Å²) in [4.78, 5) is 6.92. The predicted molar refractivity (Wildman–Crippen MR) is 83.1 cm³/mol. The second-order valence-electron chi connectivity index (χ2n) is 6.48. The summed E-state index contributed by atoms with van der Waals surface area (Å²) < 4.78 is 7.71. The van der Waals surface area contributed by atoms with Crippen molar-refractivity contribution in [3.63, 3.8) is 0 Å². The van der Waals surface area contributed by atoms with Crippen molar-refractivity contribution in [2.24, 2.45) is 7.05 Å². The Morgan fingerprint density at radius 3 is 2.67 bits per heavy atom. The molecule has 5 heteroatoms. The van der Waals surface area contributed by atoms with Gasteiger partial charge in [-0.15, -0.1) is 0 Å². The van der Waals surface area contributed by atoms with Crippen molar-refractivity contribution in [3.05, 3.63) is 18.2 Å². The first kappa shape index (κ1) is 15.0. The van der Waals surface area contributed by atoms with Crippen LogP contribution in [0.15, 0.2) is 12.5 Å². The Bertz CT molecular complexity index is 433. The number of ether oxygens (including phenoxy) is 1. The highest BCUT2D eigenvalue weighted by atomic mass is 16.5. The Labute approximate surface area is 127 Å². The second-order valence-corrected chi connectivity index (χ2v) is 6.48. The van der Waals surface area contributed by atoms with Crippen molar-refractivity contribution >= 4 is 0 Å². The number of imidazole rings is 1. The number of piperidine rings is 1. The first-order chi connectivity index (χ1) is 10.3. The highest BCUT2D eigenvalue weighted by molar-refractivity contribution is 4.99. The fourth-order valence-corrected chi connectivity index (χ4v) is 3.70. The molecule has 2 saturated heterocycles. The SMILES string of the molecule is Cn1cncc1CNCC1(N2CCCCC2)CCOCC1. The molecule has 3 heterocycles. The van der Waals surface area contributed by atoms with E-state index in [0.29, 0.717) is 5.54 Å². The van der Waals surface area contributed by atoms with Gasteiger partial charge < -0.3 is 14.6 Å². The fourth-order valence-electron chi connectivity index (χ4n) is 3.70. The molecule has 0 radical (unpaired) electrons. The van der Waals surface area contributed by atoms with Crippen LogP contribution in [0.5, 0.6) is 0 Å². The lowest BCUT2D eigenvalue weighted by Crippen LogP contribution is -2.59. The van der Waals surface area contributed by atoms with Crippen molar-refractivity contribution in [3.8, 4) is 0 Å². The molecule has 0 atom stereocenters. The molecule has 0 bridgehead atoms. The standard InChI is InChI=1S/C16H28N4O/c1-19-14-18-12-15(19)11-17-13-16(5-9-21-10-6-16)20-7-3-2-4-8-20/h12,14,17H,2-11,13H2,1H3. The Hall–Kier alpha value is -0.910. The van der Waals surface area contributed by atoms with Gasteiger partial charge in [-0.05, 0) is 38.8 Å². The molecule has 2 fully saturated rings. The summed E-state index contributed by atoms with van der Waals surface area (Å²) in [5, 5.41) is 3.68. The molecule has 0 amide bonds. The molecule has 1 aromatic heterocycles. The minimum atomic E-state index is 0.303. The van der Waals surface area contributed by atoms with Gasteiger partial charge >= 0.3 is 0 Å². The van der Waals surface area contributed by atoms with Crippen LogP contribution in [-0.4, -0.2) is 52.8 Å². The first-order valence-corrected chi connectivity index (χ1v) is 8.29. The number of aryl methyl sites for hydroxylation is 1. The number of hydrogen-bond donors (Lipinski definition) is 1. The van der Waals surface area contributed by atoms with E-state index in [2.05, 4.69) is 26.8 Å². The molecule has 5 nitrogen and oxygen atoms in total. The lowest BCUT2D eigenvalue weighted by molar-refractivity contribution is -0.0358. The summed E-state index contributed by atoms with van der Waals surface area (Å²) in [5.41, 5.74) is 1.55. The molecule has 1 N–H and O–H groups in total. The quantitative estimate of drug-likeness (QED) is 0.894. The molecule has 2 aliphatic rings. The third kappa shape index (κ3) is 3.47. The van der Waals surface area contributed by atoms with Crippen LogP contribution in [0.25, 0.3) is 0 Å². The van der Waals surface area contributed by atoms with Gasteiger partial charge in [0.2, 0.25) is 0 Å². The number of nitrogens with one attached hydrogen (secondary N) is 1. The van der Waals surface area contributed by atoms with Crippen LogP contribution in [0.1, 0.15) is 37.8 Å². The highest BCUT2D eigenvalue weighted by Gasteiger charge is 2.38. The maximum absolute atomic E-state index is 5.62. The van der Waals surface area contributed by atoms with Gasteiger partial charge in [0.15, 0.2) is 0 Å². The summed E-state index contributed by atoms with van der Waals surface area (Å²) in [6, 6.07) is 0. The van der Waals surface area contributed by atoms with E-state index >= 15 is 0 Å². The minimum absolute atomic E-state index is 0.303. The number of nitrogens with zero attached hydrogens (tertiary/aromatic N) is 3. The van der Waals surface area contributed by atoms with E-state index in [1.807, 2.05) is 12.5 Å². The zero-order chi connectivity index (χ0) is 14.5. The lowest BCUT2D eigenvalue weighted by Gasteiger charge is -2.48. The molecule has 0 spiro atoms. The van der Waals surface area contributed by atoms with E-state index in [-0.39, 0.29) is 0 Å². The fraction of sp³-hybridized carbons (Fsp3) is 0.812. The monoisotopic (exact) mass is 292 g/mol. The average molecular weight is 292 g/mol. The Morgan fingerprint density at radius 2 is 2.00 bits per heavy atom.